The highest BCUT2D eigenvalue weighted by molar-refractivity contribution is 5.89. The molecule has 6 heteroatoms. The van der Waals surface area contributed by atoms with E-state index in [-0.39, 0.29) is 5.91 Å². The van der Waals surface area contributed by atoms with Gasteiger partial charge >= 0.3 is 6.09 Å². The Morgan fingerprint density at radius 3 is 2.48 bits per heavy atom. The van der Waals surface area contributed by atoms with Crippen molar-refractivity contribution in [3.05, 3.63) is 17.8 Å². The molecule has 1 aliphatic rings. The van der Waals surface area contributed by atoms with E-state index in [9.17, 15) is 9.59 Å². The van der Waals surface area contributed by atoms with Crippen LogP contribution in [0.3, 0.4) is 0 Å². The van der Waals surface area contributed by atoms with Gasteiger partial charge in [-0.25, -0.2) is 9.78 Å². The first-order valence-electron chi connectivity index (χ1n) is 7.02. The van der Waals surface area contributed by atoms with Crippen LogP contribution in [0.25, 0.3) is 0 Å². The van der Waals surface area contributed by atoms with Crippen molar-refractivity contribution in [3.8, 4) is 0 Å². The van der Waals surface area contributed by atoms with Gasteiger partial charge in [-0.15, -0.1) is 0 Å². The van der Waals surface area contributed by atoms with E-state index in [1.165, 1.54) is 13.1 Å². The number of hydrogen-bond donors (Lipinski definition) is 2. The molecule has 2 N–H and O–H groups in total. The first kappa shape index (κ1) is 15.3. The predicted octanol–water partition coefficient (Wildman–Crippen LogP) is 3.26. The van der Waals surface area contributed by atoms with Gasteiger partial charge in [-0.1, -0.05) is 0 Å². The maximum Gasteiger partial charge on any atom is 0.413 e. The summed E-state index contributed by atoms with van der Waals surface area (Å²) in [6, 6.07) is 1.86. The SMILES string of the molecule is CC(=O)Nc1cnc(NC(=O)OC(C)(C)C)c(C2CC2)c1. The molecule has 0 radical (unpaired) electrons. The summed E-state index contributed by atoms with van der Waals surface area (Å²) < 4.78 is 5.23. The molecule has 1 heterocycles. The summed E-state index contributed by atoms with van der Waals surface area (Å²) in [6.07, 6.45) is 3.13. The lowest BCUT2D eigenvalue weighted by Crippen LogP contribution is -2.27. The summed E-state index contributed by atoms with van der Waals surface area (Å²) in [5.41, 5.74) is 1.02. The predicted molar refractivity (Wildman–Crippen MR) is 80.4 cm³/mol. The molecule has 1 aliphatic carbocycles. The smallest absolute Gasteiger partial charge is 0.413 e. The van der Waals surface area contributed by atoms with Crippen molar-refractivity contribution >= 4 is 23.5 Å². The van der Waals surface area contributed by atoms with E-state index >= 15 is 0 Å². The second-order valence-electron chi connectivity index (χ2n) is 6.24. The number of pyridine rings is 1. The first-order chi connectivity index (χ1) is 9.74. The zero-order chi connectivity index (χ0) is 15.6. The lowest BCUT2D eigenvalue weighted by molar-refractivity contribution is -0.114. The molecule has 6 nitrogen and oxygen atoms in total. The molecule has 1 fully saturated rings. The lowest BCUT2D eigenvalue weighted by Gasteiger charge is -2.20. The van der Waals surface area contributed by atoms with Crippen molar-refractivity contribution in [2.75, 3.05) is 10.6 Å². The van der Waals surface area contributed by atoms with Crippen LogP contribution >= 0.6 is 0 Å². The van der Waals surface area contributed by atoms with Crippen LogP contribution in [0.15, 0.2) is 12.3 Å². The summed E-state index contributed by atoms with van der Waals surface area (Å²) in [5.74, 6) is 0.739. The van der Waals surface area contributed by atoms with E-state index < -0.39 is 11.7 Å². The molecule has 0 saturated heterocycles. The molecule has 0 aliphatic heterocycles. The summed E-state index contributed by atoms with van der Waals surface area (Å²) >= 11 is 0. The monoisotopic (exact) mass is 291 g/mol. The number of carbonyl (C=O) groups excluding carboxylic acids is 2. The van der Waals surface area contributed by atoms with Crippen molar-refractivity contribution in [3.63, 3.8) is 0 Å². The van der Waals surface area contributed by atoms with Crippen molar-refractivity contribution in [1.82, 2.24) is 4.98 Å². The number of amides is 2. The summed E-state index contributed by atoms with van der Waals surface area (Å²) in [4.78, 5) is 27.2. The molecule has 2 amide bonds. The summed E-state index contributed by atoms with van der Waals surface area (Å²) in [7, 11) is 0. The molecular formula is C15H21N3O3. The molecule has 1 saturated carbocycles. The molecule has 0 spiro atoms. The number of nitrogens with one attached hydrogen (secondary N) is 2. The zero-order valence-corrected chi connectivity index (χ0v) is 12.8. The highest BCUT2D eigenvalue weighted by atomic mass is 16.6. The molecule has 1 aromatic heterocycles. The maximum absolute atomic E-state index is 11.8. The third-order valence-corrected chi connectivity index (χ3v) is 2.87. The lowest BCUT2D eigenvalue weighted by atomic mass is 10.1. The van der Waals surface area contributed by atoms with E-state index in [4.69, 9.17) is 4.74 Å². The molecule has 0 aromatic carbocycles. The quantitative estimate of drug-likeness (QED) is 0.895. The Labute approximate surface area is 124 Å². The third-order valence-electron chi connectivity index (χ3n) is 2.87. The van der Waals surface area contributed by atoms with Gasteiger partial charge in [-0.05, 0) is 45.6 Å². The van der Waals surface area contributed by atoms with E-state index in [2.05, 4.69) is 15.6 Å². The Kier molecular flexibility index (Phi) is 4.16. The van der Waals surface area contributed by atoms with Crippen LogP contribution in [0.4, 0.5) is 16.3 Å². The van der Waals surface area contributed by atoms with Crippen LogP contribution in [-0.2, 0) is 9.53 Å². The van der Waals surface area contributed by atoms with Crippen molar-refractivity contribution in [2.45, 2.75) is 52.1 Å². The molecule has 2 rings (SSSR count). The molecule has 0 atom stereocenters. The molecule has 21 heavy (non-hydrogen) atoms. The van der Waals surface area contributed by atoms with Gasteiger partial charge in [0.2, 0.25) is 5.91 Å². The fourth-order valence-corrected chi connectivity index (χ4v) is 1.96. The highest BCUT2D eigenvalue weighted by Crippen LogP contribution is 2.43. The fourth-order valence-electron chi connectivity index (χ4n) is 1.96. The standard InChI is InChI=1S/C15H21N3O3/c1-9(19)17-11-7-12(10-5-6-10)13(16-8-11)18-14(20)21-15(2,3)4/h7-8,10H,5-6H2,1-4H3,(H,17,19)(H,16,18,20). The third kappa shape index (κ3) is 4.73. The Balaban J connectivity index is 2.15. The molecule has 1 aromatic rings. The molecule has 114 valence electrons. The minimum atomic E-state index is -0.556. The van der Waals surface area contributed by atoms with Gasteiger partial charge in [0, 0.05) is 12.5 Å². The number of anilines is 2. The van der Waals surface area contributed by atoms with E-state index in [1.54, 1.807) is 0 Å². The highest BCUT2D eigenvalue weighted by Gasteiger charge is 2.28. The molecule has 0 unspecified atom stereocenters. The maximum atomic E-state index is 11.8. The number of nitrogens with zero attached hydrogens (tertiary/aromatic N) is 1. The minimum absolute atomic E-state index is 0.147. The number of rotatable bonds is 3. The second-order valence-corrected chi connectivity index (χ2v) is 6.24. The van der Waals surface area contributed by atoms with Gasteiger partial charge in [0.15, 0.2) is 0 Å². The summed E-state index contributed by atoms with van der Waals surface area (Å²) in [6.45, 7) is 6.87. The Hall–Kier alpha value is -2.11. The first-order valence-corrected chi connectivity index (χ1v) is 7.02. The number of hydrogen-bond acceptors (Lipinski definition) is 4. The van der Waals surface area contributed by atoms with E-state index in [0.29, 0.717) is 17.4 Å². The fraction of sp³-hybridized carbons (Fsp3) is 0.533. The number of carbonyl (C=O) groups is 2. The largest absolute Gasteiger partial charge is 0.444 e. The van der Waals surface area contributed by atoms with Crippen molar-refractivity contribution in [1.29, 1.82) is 0 Å². The summed E-state index contributed by atoms with van der Waals surface area (Å²) in [5, 5.41) is 5.39. The zero-order valence-electron chi connectivity index (χ0n) is 12.8. The van der Waals surface area contributed by atoms with Crippen LogP contribution in [0.5, 0.6) is 0 Å². The van der Waals surface area contributed by atoms with Crippen molar-refractivity contribution in [2.24, 2.45) is 0 Å². The van der Waals surface area contributed by atoms with Gasteiger partial charge < -0.3 is 10.1 Å². The Bertz CT molecular complexity index is 560. The van der Waals surface area contributed by atoms with E-state index in [1.807, 2.05) is 26.8 Å². The molecule has 0 bridgehead atoms. The van der Waals surface area contributed by atoms with Gasteiger partial charge in [-0.3, -0.25) is 10.1 Å². The molecular weight excluding hydrogens is 270 g/mol. The second kappa shape index (κ2) is 5.71. The Morgan fingerprint density at radius 1 is 1.29 bits per heavy atom. The topological polar surface area (TPSA) is 80.3 Å². The average Bonchev–Trinajstić information content (AvgIpc) is 3.11. The van der Waals surface area contributed by atoms with Gasteiger partial charge in [0.05, 0.1) is 11.9 Å². The van der Waals surface area contributed by atoms with Crippen LogP contribution < -0.4 is 10.6 Å². The van der Waals surface area contributed by atoms with Crippen LogP contribution in [0, 0.1) is 0 Å². The van der Waals surface area contributed by atoms with Crippen LogP contribution in [-0.4, -0.2) is 22.6 Å². The van der Waals surface area contributed by atoms with Gasteiger partial charge in [0.25, 0.3) is 0 Å². The van der Waals surface area contributed by atoms with Crippen molar-refractivity contribution < 1.29 is 14.3 Å². The normalized spacial score (nSPS) is 14.5. The van der Waals surface area contributed by atoms with Crippen LogP contribution in [0.2, 0.25) is 0 Å². The average molecular weight is 291 g/mol. The number of ether oxygens (including phenoxy) is 1. The minimum Gasteiger partial charge on any atom is -0.444 e. The Morgan fingerprint density at radius 2 is 1.95 bits per heavy atom. The van der Waals surface area contributed by atoms with Gasteiger partial charge in [0.1, 0.15) is 11.4 Å². The van der Waals surface area contributed by atoms with Crippen LogP contribution in [0.1, 0.15) is 52.0 Å². The van der Waals surface area contributed by atoms with Gasteiger partial charge in [-0.2, -0.15) is 0 Å². The van der Waals surface area contributed by atoms with E-state index in [0.717, 1.165) is 18.4 Å². The number of aromatic nitrogens is 1.